The lowest BCUT2D eigenvalue weighted by atomic mass is 10.1. The number of anilines is 2. The van der Waals surface area contributed by atoms with Crippen molar-refractivity contribution in [2.24, 2.45) is 0 Å². The topological polar surface area (TPSA) is 143 Å². The highest BCUT2D eigenvalue weighted by molar-refractivity contribution is 8.00. The number of hydrogen-bond acceptors (Lipinski definition) is 8. The van der Waals surface area contributed by atoms with Crippen molar-refractivity contribution in [2.45, 2.75) is 4.90 Å². The molecule has 0 spiro atoms. The van der Waals surface area contributed by atoms with Gasteiger partial charge >= 0.3 is 0 Å². The smallest absolute Gasteiger partial charge is 0.276 e. The predicted molar refractivity (Wildman–Crippen MR) is 187 cm³/mol. The lowest BCUT2D eigenvalue weighted by Crippen LogP contribution is -2.30. The van der Waals surface area contributed by atoms with Gasteiger partial charge in [-0.15, -0.1) is 23.1 Å². The van der Waals surface area contributed by atoms with Gasteiger partial charge in [-0.25, -0.2) is 4.98 Å². The Kier molecular flexibility index (Phi) is 11.0. The number of nitro groups is 1. The summed E-state index contributed by atoms with van der Waals surface area (Å²) in [6.07, 6.45) is 1.26. The molecule has 0 unspecified atom stereocenters. The fraction of sp³-hybridized carbons (Fsp3) is 0.0303. The van der Waals surface area contributed by atoms with E-state index >= 15 is 0 Å². The molecular formula is C33H23Cl2N5O5S2. The van der Waals surface area contributed by atoms with Crippen LogP contribution in [0.2, 0.25) is 10.0 Å². The molecule has 0 aliphatic carbocycles. The van der Waals surface area contributed by atoms with E-state index in [4.69, 9.17) is 23.2 Å². The van der Waals surface area contributed by atoms with Gasteiger partial charge in [-0.05, 0) is 60.7 Å². The summed E-state index contributed by atoms with van der Waals surface area (Å²) in [5, 5.41) is 22.7. The number of nitrogens with zero attached hydrogens (tertiary/aromatic N) is 2. The van der Waals surface area contributed by atoms with Crippen molar-refractivity contribution in [3.63, 3.8) is 0 Å². The molecule has 236 valence electrons. The molecule has 0 aliphatic heterocycles. The SMILES string of the molecule is O=C(CSc1ccc(NC(=O)/C(=C/c2ccccc2[N+](=O)[O-])NC(=O)c2ccccc2)cc1)Nc1nc(-c2ccc(Cl)c(Cl)c2)cs1. The van der Waals surface area contributed by atoms with Crippen LogP contribution in [0.25, 0.3) is 17.3 Å². The van der Waals surface area contributed by atoms with Gasteiger partial charge in [0.05, 0.1) is 32.0 Å². The van der Waals surface area contributed by atoms with Crippen LogP contribution in [0.5, 0.6) is 0 Å². The largest absolute Gasteiger partial charge is 0.321 e. The molecule has 0 fully saturated rings. The van der Waals surface area contributed by atoms with E-state index in [1.807, 2.05) is 5.38 Å². The molecule has 14 heteroatoms. The summed E-state index contributed by atoms with van der Waals surface area (Å²) >= 11 is 14.7. The summed E-state index contributed by atoms with van der Waals surface area (Å²) in [6, 6.07) is 26.1. The first-order valence-electron chi connectivity index (χ1n) is 13.7. The molecule has 0 saturated heterocycles. The average Bonchev–Trinajstić information content (AvgIpc) is 3.54. The maximum absolute atomic E-state index is 13.3. The number of benzene rings is 4. The third-order valence-corrected chi connectivity index (χ3v) is 8.92. The number of carbonyl (C=O) groups excluding carboxylic acids is 3. The number of aromatic nitrogens is 1. The van der Waals surface area contributed by atoms with E-state index in [-0.39, 0.29) is 28.6 Å². The Labute approximate surface area is 287 Å². The van der Waals surface area contributed by atoms with Crippen molar-refractivity contribution >= 4 is 86.6 Å². The second-order valence-electron chi connectivity index (χ2n) is 9.68. The lowest BCUT2D eigenvalue weighted by molar-refractivity contribution is -0.385. The monoisotopic (exact) mass is 703 g/mol. The number of nitrogens with one attached hydrogen (secondary N) is 3. The maximum atomic E-state index is 13.3. The Bertz CT molecular complexity index is 1990. The van der Waals surface area contributed by atoms with Crippen molar-refractivity contribution in [1.82, 2.24) is 10.3 Å². The summed E-state index contributed by atoms with van der Waals surface area (Å²) in [7, 11) is 0. The minimum Gasteiger partial charge on any atom is -0.321 e. The van der Waals surface area contributed by atoms with Crippen molar-refractivity contribution in [2.75, 3.05) is 16.4 Å². The Morgan fingerprint density at radius 1 is 0.894 bits per heavy atom. The van der Waals surface area contributed by atoms with Crippen molar-refractivity contribution in [1.29, 1.82) is 0 Å². The number of para-hydroxylation sites is 1. The molecule has 5 aromatic rings. The number of thioether (sulfide) groups is 1. The molecular weight excluding hydrogens is 681 g/mol. The van der Waals surface area contributed by atoms with Gasteiger partial charge in [0, 0.05) is 33.2 Å². The van der Waals surface area contributed by atoms with Crippen LogP contribution in [0, 0.1) is 10.1 Å². The van der Waals surface area contributed by atoms with Crippen molar-refractivity contribution in [3.8, 4) is 11.3 Å². The van der Waals surface area contributed by atoms with Gasteiger partial charge < -0.3 is 16.0 Å². The molecule has 5 rings (SSSR count). The van der Waals surface area contributed by atoms with Crippen LogP contribution < -0.4 is 16.0 Å². The van der Waals surface area contributed by atoms with E-state index in [0.717, 1.165) is 10.5 Å². The number of rotatable bonds is 11. The number of hydrogen-bond donors (Lipinski definition) is 3. The highest BCUT2D eigenvalue weighted by Gasteiger charge is 2.18. The van der Waals surface area contributed by atoms with Crippen LogP contribution >= 0.6 is 46.3 Å². The third-order valence-electron chi connectivity index (χ3n) is 6.41. The third kappa shape index (κ3) is 9.05. The van der Waals surface area contributed by atoms with E-state index < -0.39 is 16.7 Å². The summed E-state index contributed by atoms with van der Waals surface area (Å²) in [5.74, 6) is -1.38. The Morgan fingerprint density at radius 3 is 2.34 bits per heavy atom. The number of thiazole rings is 1. The first-order chi connectivity index (χ1) is 22.7. The number of nitro benzene ring substituents is 1. The summed E-state index contributed by atoms with van der Waals surface area (Å²) in [6.45, 7) is 0. The van der Waals surface area contributed by atoms with Crippen LogP contribution in [0.1, 0.15) is 15.9 Å². The van der Waals surface area contributed by atoms with Crippen LogP contribution in [-0.2, 0) is 9.59 Å². The van der Waals surface area contributed by atoms with Crippen LogP contribution in [0.4, 0.5) is 16.5 Å². The molecule has 0 radical (unpaired) electrons. The molecule has 4 aromatic carbocycles. The quantitative estimate of drug-likeness (QED) is 0.0545. The zero-order chi connectivity index (χ0) is 33.3. The maximum Gasteiger partial charge on any atom is 0.276 e. The van der Waals surface area contributed by atoms with Gasteiger partial charge in [0.15, 0.2) is 5.13 Å². The van der Waals surface area contributed by atoms with E-state index in [0.29, 0.717) is 32.1 Å². The molecule has 0 saturated carbocycles. The highest BCUT2D eigenvalue weighted by Crippen LogP contribution is 2.31. The molecule has 3 amide bonds. The second-order valence-corrected chi connectivity index (χ2v) is 12.4. The zero-order valence-electron chi connectivity index (χ0n) is 24.1. The normalized spacial score (nSPS) is 11.1. The first kappa shape index (κ1) is 33.4. The Balaban J connectivity index is 1.21. The molecule has 10 nitrogen and oxygen atoms in total. The number of carbonyl (C=O) groups is 3. The molecule has 0 bridgehead atoms. The minimum absolute atomic E-state index is 0.113. The Morgan fingerprint density at radius 2 is 1.62 bits per heavy atom. The molecule has 1 heterocycles. The molecule has 47 heavy (non-hydrogen) atoms. The molecule has 0 aliphatic rings. The van der Waals surface area contributed by atoms with Gasteiger partial charge in [-0.3, -0.25) is 24.5 Å². The first-order valence-corrected chi connectivity index (χ1v) is 16.3. The fourth-order valence-corrected chi connectivity index (χ4v) is 5.86. The van der Waals surface area contributed by atoms with E-state index in [1.165, 1.54) is 47.4 Å². The standard InChI is InChI=1S/C33H23Cl2N5O5S2/c34-25-15-10-21(16-26(25)35)28-18-47-33(38-28)39-30(41)19-46-24-13-11-23(12-14-24)36-32(43)27(37-31(42)20-6-2-1-3-7-20)17-22-8-4-5-9-29(22)40(44)45/h1-18H,19H2,(H,36,43)(H,37,42)(H,38,39,41)/b27-17-. The molecule has 3 N–H and O–H groups in total. The van der Waals surface area contributed by atoms with Gasteiger partial charge in [-0.1, -0.05) is 59.6 Å². The van der Waals surface area contributed by atoms with E-state index in [1.54, 1.807) is 78.9 Å². The van der Waals surface area contributed by atoms with E-state index in [2.05, 4.69) is 20.9 Å². The summed E-state index contributed by atoms with van der Waals surface area (Å²) in [4.78, 5) is 55.0. The molecule has 1 aromatic heterocycles. The fourth-order valence-electron chi connectivity index (χ4n) is 4.13. The zero-order valence-corrected chi connectivity index (χ0v) is 27.3. The van der Waals surface area contributed by atoms with Crippen molar-refractivity contribution in [3.05, 3.63) is 139 Å². The minimum atomic E-state index is -0.684. The highest BCUT2D eigenvalue weighted by atomic mass is 35.5. The molecule has 0 atom stereocenters. The van der Waals surface area contributed by atoms with Gasteiger partial charge in [0.1, 0.15) is 5.70 Å². The predicted octanol–water partition coefficient (Wildman–Crippen LogP) is 8.17. The van der Waals surface area contributed by atoms with E-state index in [9.17, 15) is 24.5 Å². The second kappa shape index (κ2) is 15.5. The summed E-state index contributed by atoms with van der Waals surface area (Å²) in [5.41, 5.74) is 1.88. The number of halogens is 2. The lowest BCUT2D eigenvalue weighted by Gasteiger charge is -2.12. The van der Waals surface area contributed by atoms with Gasteiger partial charge in [0.2, 0.25) is 5.91 Å². The van der Waals surface area contributed by atoms with Crippen LogP contribution in [0.15, 0.2) is 113 Å². The number of amides is 3. The Hall–Kier alpha value is -5.01. The van der Waals surface area contributed by atoms with Gasteiger partial charge in [-0.2, -0.15) is 0 Å². The summed E-state index contributed by atoms with van der Waals surface area (Å²) < 4.78 is 0. The van der Waals surface area contributed by atoms with Crippen molar-refractivity contribution < 1.29 is 19.3 Å². The average molecular weight is 705 g/mol. The van der Waals surface area contributed by atoms with Crippen LogP contribution in [-0.4, -0.2) is 33.4 Å². The van der Waals surface area contributed by atoms with Crippen LogP contribution in [0.3, 0.4) is 0 Å². The van der Waals surface area contributed by atoms with Gasteiger partial charge in [0.25, 0.3) is 17.5 Å².